The first-order valence-electron chi connectivity index (χ1n) is 12.4. The van der Waals surface area contributed by atoms with Crippen LogP contribution in [0.4, 0.5) is 5.69 Å². The fourth-order valence-corrected chi connectivity index (χ4v) is 6.53. The number of halogens is 1. The van der Waals surface area contributed by atoms with Gasteiger partial charge in [0, 0.05) is 6.54 Å². The van der Waals surface area contributed by atoms with E-state index in [9.17, 15) is 19.5 Å². The predicted molar refractivity (Wildman–Crippen MR) is 133 cm³/mol. The van der Waals surface area contributed by atoms with E-state index in [1.165, 1.54) is 9.80 Å². The number of anilines is 1. The maximum Gasteiger partial charge on any atom is 0.313 e. The minimum atomic E-state index is -1.42. The van der Waals surface area contributed by atoms with Crippen molar-refractivity contribution >= 4 is 35.1 Å². The molecule has 1 aromatic carbocycles. The Balaban J connectivity index is 1.71. The average molecular weight is 515 g/mol. The van der Waals surface area contributed by atoms with Gasteiger partial charge in [0.05, 0.1) is 41.5 Å². The van der Waals surface area contributed by atoms with Crippen molar-refractivity contribution < 1.29 is 29.0 Å². The van der Waals surface area contributed by atoms with Gasteiger partial charge in [0.15, 0.2) is 0 Å². The molecule has 2 fully saturated rings. The summed E-state index contributed by atoms with van der Waals surface area (Å²) in [4.78, 5) is 44.9. The lowest BCUT2D eigenvalue weighted by Crippen LogP contribution is -2.59. The summed E-state index contributed by atoms with van der Waals surface area (Å²) in [6.45, 7) is 5.63. The summed E-state index contributed by atoms with van der Waals surface area (Å²) >= 11 is 6.47. The van der Waals surface area contributed by atoms with Crippen molar-refractivity contribution in [2.75, 3.05) is 24.7 Å². The van der Waals surface area contributed by atoms with Crippen molar-refractivity contribution in [1.29, 1.82) is 0 Å². The Hall–Kier alpha value is -2.68. The van der Waals surface area contributed by atoms with Gasteiger partial charge in [-0.05, 0) is 31.4 Å². The zero-order valence-corrected chi connectivity index (χ0v) is 21.4. The zero-order chi connectivity index (χ0) is 25.8. The highest BCUT2D eigenvalue weighted by molar-refractivity contribution is 6.34. The molecule has 8 nitrogen and oxygen atoms in total. The van der Waals surface area contributed by atoms with Gasteiger partial charge in [-0.1, -0.05) is 61.9 Å². The molecule has 6 atom stereocenters. The molecule has 0 aromatic heterocycles. The second-order valence-electron chi connectivity index (χ2n) is 10.4. The van der Waals surface area contributed by atoms with E-state index in [1.807, 2.05) is 26.0 Å². The predicted octanol–water partition coefficient (Wildman–Crippen LogP) is 2.73. The highest BCUT2D eigenvalue weighted by atomic mass is 35.5. The molecule has 1 unspecified atom stereocenters. The Morgan fingerprint density at radius 3 is 2.56 bits per heavy atom. The molecule has 2 saturated heterocycles. The SMILES string of the molecule is CC(C)[C@H](CO)N1C(=O)[C@@H]2[C@@H]3C(=O)OCCC=C[C@]3(C)O[C@@]23C=CCN(c2ccccc2Cl)C(=O)C13. The van der Waals surface area contributed by atoms with Gasteiger partial charge in [-0.25, -0.2) is 0 Å². The molecule has 2 amide bonds. The third-order valence-electron chi connectivity index (χ3n) is 7.91. The van der Waals surface area contributed by atoms with E-state index >= 15 is 0 Å². The van der Waals surface area contributed by atoms with Crippen LogP contribution >= 0.6 is 11.6 Å². The van der Waals surface area contributed by atoms with Crippen LogP contribution in [0, 0.1) is 17.8 Å². The van der Waals surface area contributed by atoms with Gasteiger partial charge in [0.1, 0.15) is 17.6 Å². The second-order valence-corrected chi connectivity index (χ2v) is 10.8. The van der Waals surface area contributed by atoms with Gasteiger partial charge in [-0.3, -0.25) is 14.4 Å². The fraction of sp³-hybridized carbons (Fsp3) is 0.519. The number of esters is 1. The molecule has 4 aliphatic rings. The normalized spacial score (nSPS) is 34.6. The number of hydrogen-bond donors (Lipinski definition) is 1. The standard InChI is InChI=1S/C27H31ClN2O6/c1-16(2)19(15-31)30-22-24(33)29(18-10-5-4-9-17(18)28)13-8-12-27(22)20(23(30)32)21-25(34)35-14-7-6-11-26(21,3)36-27/h4-6,8-12,16,19-22,31H,7,13-15H2,1-3H3/t19-,20-,21+,22?,26-,27-/m0/s1. The van der Waals surface area contributed by atoms with E-state index < -0.39 is 47.0 Å². The number of hydrogen-bond acceptors (Lipinski definition) is 6. The Kier molecular flexibility index (Phi) is 6.25. The van der Waals surface area contributed by atoms with Crippen LogP contribution < -0.4 is 4.90 Å². The number of benzene rings is 1. The van der Waals surface area contributed by atoms with Crippen LogP contribution in [0.3, 0.4) is 0 Å². The molecular formula is C27H31ClN2O6. The average Bonchev–Trinajstić information content (AvgIpc) is 3.14. The number of ether oxygens (including phenoxy) is 2. The van der Waals surface area contributed by atoms with Crippen LogP contribution in [0.5, 0.6) is 0 Å². The molecule has 36 heavy (non-hydrogen) atoms. The van der Waals surface area contributed by atoms with Gasteiger partial charge in [0.25, 0.3) is 5.91 Å². The van der Waals surface area contributed by atoms with E-state index in [2.05, 4.69) is 0 Å². The number of aliphatic hydroxyl groups excluding tert-OH is 1. The second kappa shape index (κ2) is 9.01. The molecule has 0 radical (unpaired) electrons. The molecule has 1 aromatic rings. The number of cyclic esters (lactones) is 1. The first kappa shape index (κ1) is 25.0. The van der Waals surface area contributed by atoms with Crippen molar-refractivity contribution in [3.63, 3.8) is 0 Å². The van der Waals surface area contributed by atoms with Crippen molar-refractivity contribution in [2.24, 2.45) is 17.8 Å². The van der Waals surface area contributed by atoms with Gasteiger partial charge >= 0.3 is 5.97 Å². The van der Waals surface area contributed by atoms with Crippen molar-refractivity contribution in [1.82, 2.24) is 4.90 Å². The number of fused-ring (bicyclic) bond motifs is 2. The Labute approximate surface area is 215 Å². The lowest BCUT2D eigenvalue weighted by atomic mass is 9.74. The van der Waals surface area contributed by atoms with Crippen LogP contribution in [0.1, 0.15) is 27.2 Å². The molecule has 5 rings (SSSR count). The summed E-state index contributed by atoms with van der Waals surface area (Å²) in [6, 6.07) is 5.28. The third-order valence-corrected chi connectivity index (χ3v) is 8.23. The van der Waals surface area contributed by atoms with E-state index in [0.29, 0.717) is 17.1 Å². The summed E-state index contributed by atoms with van der Waals surface area (Å²) in [5, 5.41) is 10.7. The minimum Gasteiger partial charge on any atom is -0.465 e. The van der Waals surface area contributed by atoms with Crippen molar-refractivity contribution in [3.8, 4) is 0 Å². The maximum atomic E-state index is 14.4. The largest absolute Gasteiger partial charge is 0.465 e. The van der Waals surface area contributed by atoms with E-state index in [1.54, 1.807) is 43.3 Å². The zero-order valence-electron chi connectivity index (χ0n) is 20.6. The molecule has 1 N–H and O–H groups in total. The van der Waals surface area contributed by atoms with Crippen molar-refractivity contribution in [3.05, 3.63) is 53.6 Å². The van der Waals surface area contributed by atoms with Crippen LogP contribution in [0.2, 0.25) is 5.02 Å². The summed E-state index contributed by atoms with van der Waals surface area (Å²) in [5.74, 6) is -3.37. The van der Waals surface area contributed by atoms with Gasteiger partial charge in [-0.15, -0.1) is 0 Å². The van der Waals surface area contributed by atoms with E-state index in [0.717, 1.165) is 0 Å². The lowest BCUT2D eigenvalue weighted by molar-refractivity contribution is -0.160. The van der Waals surface area contributed by atoms with E-state index in [-0.39, 0.29) is 31.6 Å². The Morgan fingerprint density at radius 1 is 1.11 bits per heavy atom. The van der Waals surface area contributed by atoms with Crippen LogP contribution in [-0.2, 0) is 23.9 Å². The number of aliphatic hydroxyl groups is 1. The summed E-state index contributed by atoms with van der Waals surface area (Å²) in [6.07, 6.45) is 7.80. The molecule has 4 aliphatic heterocycles. The molecule has 1 spiro atoms. The summed E-state index contributed by atoms with van der Waals surface area (Å²) in [7, 11) is 0. The smallest absolute Gasteiger partial charge is 0.313 e. The van der Waals surface area contributed by atoms with Gasteiger partial charge in [-0.2, -0.15) is 0 Å². The maximum absolute atomic E-state index is 14.4. The van der Waals surface area contributed by atoms with E-state index in [4.69, 9.17) is 21.1 Å². The number of carbonyl (C=O) groups is 3. The molecule has 9 heteroatoms. The van der Waals surface area contributed by atoms with Crippen LogP contribution in [0.25, 0.3) is 0 Å². The third kappa shape index (κ3) is 3.53. The molecule has 4 heterocycles. The van der Waals surface area contributed by atoms with Crippen LogP contribution in [-0.4, -0.2) is 70.8 Å². The number of nitrogens with zero attached hydrogens (tertiary/aromatic N) is 2. The number of para-hydroxylation sites is 1. The topological polar surface area (TPSA) is 96.4 Å². The minimum absolute atomic E-state index is 0.154. The molecule has 0 bridgehead atoms. The molecule has 192 valence electrons. The van der Waals surface area contributed by atoms with Gasteiger partial charge in [0.2, 0.25) is 5.91 Å². The van der Waals surface area contributed by atoms with Crippen molar-refractivity contribution in [2.45, 2.75) is 50.5 Å². The highest BCUT2D eigenvalue weighted by Crippen LogP contribution is 2.58. The number of likely N-dealkylation sites (tertiary alicyclic amines) is 1. The first-order chi connectivity index (χ1) is 17.2. The fourth-order valence-electron chi connectivity index (χ4n) is 6.29. The highest BCUT2D eigenvalue weighted by Gasteiger charge is 2.75. The number of amides is 2. The monoisotopic (exact) mass is 514 g/mol. The number of carbonyl (C=O) groups excluding carboxylic acids is 3. The van der Waals surface area contributed by atoms with Gasteiger partial charge < -0.3 is 24.4 Å². The van der Waals surface area contributed by atoms with Crippen LogP contribution in [0.15, 0.2) is 48.6 Å². The molecule has 0 aliphatic carbocycles. The first-order valence-corrected chi connectivity index (χ1v) is 12.7. The Morgan fingerprint density at radius 2 is 1.86 bits per heavy atom. The summed E-state index contributed by atoms with van der Waals surface area (Å²) < 4.78 is 12.2. The Bertz CT molecular complexity index is 1150. The lowest BCUT2D eigenvalue weighted by Gasteiger charge is -2.41. The number of rotatable bonds is 4. The summed E-state index contributed by atoms with van der Waals surface area (Å²) in [5.41, 5.74) is -2.04. The molecular weight excluding hydrogens is 484 g/mol. The molecule has 0 saturated carbocycles. The quantitative estimate of drug-likeness (QED) is 0.490.